The van der Waals surface area contributed by atoms with Crippen LogP contribution in [0.1, 0.15) is 44.6 Å². The van der Waals surface area contributed by atoms with Crippen molar-refractivity contribution in [3.05, 3.63) is 35.9 Å². The molecule has 1 N–H and O–H groups in total. The van der Waals surface area contributed by atoms with Gasteiger partial charge in [-0.3, -0.25) is 9.69 Å². The highest BCUT2D eigenvalue weighted by Gasteiger charge is 2.30. The molecule has 0 aliphatic carbocycles. The predicted octanol–water partition coefficient (Wildman–Crippen LogP) is 3.48. The van der Waals surface area contributed by atoms with Crippen LogP contribution in [-0.4, -0.2) is 54.0 Å². The van der Waals surface area contributed by atoms with Crippen LogP contribution in [0.2, 0.25) is 0 Å². The zero-order valence-corrected chi connectivity index (χ0v) is 17.5. The van der Waals surface area contributed by atoms with Crippen LogP contribution in [0.4, 0.5) is 0 Å². The van der Waals surface area contributed by atoms with Crippen LogP contribution in [0, 0.1) is 0 Å². The lowest BCUT2D eigenvalue weighted by molar-refractivity contribution is -0.133. The Kier molecular flexibility index (Phi) is 9.94. The molecule has 2 aliphatic rings. The molecule has 2 saturated heterocycles. The molecular formula is C20H33Cl2N3O. The van der Waals surface area contributed by atoms with E-state index in [9.17, 15) is 4.79 Å². The number of carbonyl (C=O) groups excluding carboxylic acids is 1. The zero-order chi connectivity index (χ0) is 16.9. The fourth-order valence-electron chi connectivity index (χ4n) is 4.09. The van der Waals surface area contributed by atoms with E-state index >= 15 is 0 Å². The third-order valence-electron chi connectivity index (χ3n) is 5.74. The molecule has 0 saturated carbocycles. The van der Waals surface area contributed by atoms with Gasteiger partial charge < -0.3 is 10.2 Å². The van der Waals surface area contributed by atoms with Gasteiger partial charge in [0, 0.05) is 44.7 Å². The van der Waals surface area contributed by atoms with Gasteiger partial charge in [0.1, 0.15) is 0 Å². The summed E-state index contributed by atoms with van der Waals surface area (Å²) >= 11 is 0. The summed E-state index contributed by atoms with van der Waals surface area (Å²) in [6.07, 6.45) is 5.17. The van der Waals surface area contributed by atoms with Crippen molar-refractivity contribution in [3.63, 3.8) is 0 Å². The number of hydrogen-bond donors (Lipinski definition) is 1. The molecule has 3 atom stereocenters. The van der Waals surface area contributed by atoms with Crippen LogP contribution in [-0.2, 0) is 11.3 Å². The van der Waals surface area contributed by atoms with Gasteiger partial charge in [0.2, 0.25) is 5.91 Å². The molecule has 0 radical (unpaired) electrons. The van der Waals surface area contributed by atoms with Crippen LogP contribution in [0.3, 0.4) is 0 Å². The van der Waals surface area contributed by atoms with Crippen molar-refractivity contribution in [2.45, 2.75) is 63.7 Å². The van der Waals surface area contributed by atoms with Crippen LogP contribution in [0.15, 0.2) is 30.3 Å². The minimum atomic E-state index is 0. The van der Waals surface area contributed by atoms with Crippen LogP contribution < -0.4 is 5.32 Å². The molecule has 2 fully saturated rings. The molecule has 2 aliphatic heterocycles. The van der Waals surface area contributed by atoms with Crippen molar-refractivity contribution < 1.29 is 4.79 Å². The third-order valence-corrected chi connectivity index (χ3v) is 5.74. The van der Waals surface area contributed by atoms with Crippen LogP contribution in [0.5, 0.6) is 0 Å². The molecule has 0 aromatic heterocycles. The van der Waals surface area contributed by atoms with Crippen molar-refractivity contribution in [2.24, 2.45) is 0 Å². The number of carbonyl (C=O) groups is 1. The van der Waals surface area contributed by atoms with E-state index in [1.165, 1.54) is 12.0 Å². The van der Waals surface area contributed by atoms with Crippen molar-refractivity contribution in [2.75, 3.05) is 20.1 Å². The van der Waals surface area contributed by atoms with E-state index in [0.29, 0.717) is 30.5 Å². The standard InChI is InChI=1S/C20H31N3O.2ClH/c1-16-13-19(22(2)20(24)14-18-9-6-11-21-18)10-12-23(16)15-17-7-4-3-5-8-17;;/h3-5,7-8,16,18-19,21H,6,9-15H2,1-2H3;2*1H. The molecule has 2 heterocycles. The number of hydrogen-bond acceptors (Lipinski definition) is 3. The van der Waals surface area contributed by atoms with Crippen molar-refractivity contribution in [1.82, 2.24) is 15.1 Å². The van der Waals surface area contributed by atoms with Gasteiger partial charge in [0.25, 0.3) is 0 Å². The second-order valence-electron chi connectivity index (χ2n) is 7.49. The van der Waals surface area contributed by atoms with Gasteiger partial charge in [-0.25, -0.2) is 0 Å². The molecule has 3 unspecified atom stereocenters. The Morgan fingerprint density at radius 1 is 1.23 bits per heavy atom. The smallest absolute Gasteiger partial charge is 0.224 e. The van der Waals surface area contributed by atoms with E-state index < -0.39 is 0 Å². The second-order valence-corrected chi connectivity index (χ2v) is 7.49. The minimum Gasteiger partial charge on any atom is -0.343 e. The first-order valence-corrected chi connectivity index (χ1v) is 9.40. The first-order valence-electron chi connectivity index (χ1n) is 9.40. The molecule has 0 bridgehead atoms. The van der Waals surface area contributed by atoms with Crippen molar-refractivity contribution in [3.8, 4) is 0 Å². The lowest BCUT2D eigenvalue weighted by Crippen LogP contribution is -2.49. The van der Waals surface area contributed by atoms with Crippen molar-refractivity contribution >= 4 is 30.7 Å². The summed E-state index contributed by atoms with van der Waals surface area (Å²) in [5.74, 6) is 0.308. The zero-order valence-electron chi connectivity index (χ0n) is 15.9. The maximum Gasteiger partial charge on any atom is 0.224 e. The number of halogens is 2. The van der Waals surface area contributed by atoms with E-state index in [1.807, 2.05) is 11.9 Å². The summed E-state index contributed by atoms with van der Waals surface area (Å²) < 4.78 is 0. The number of nitrogens with zero attached hydrogens (tertiary/aromatic N) is 2. The number of piperidine rings is 1. The summed E-state index contributed by atoms with van der Waals surface area (Å²) in [7, 11) is 2.00. The Bertz CT molecular complexity index is 537. The summed E-state index contributed by atoms with van der Waals surface area (Å²) in [6.45, 7) is 5.45. The number of amides is 1. The highest BCUT2D eigenvalue weighted by atomic mass is 35.5. The van der Waals surface area contributed by atoms with Gasteiger partial charge in [-0.15, -0.1) is 24.8 Å². The Morgan fingerprint density at radius 2 is 1.96 bits per heavy atom. The summed E-state index contributed by atoms with van der Waals surface area (Å²) in [5, 5.41) is 3.43. The number of nitrogens with one attached hydrogen (secondary N) is 1. The molecule has 0 spiro atoms. The van der Waals surface area contributed by atoms with Crippen LogP contribution in [0.25, 0.3) is 0 Å². The quantitative estimate of drug-likeness (QED) is 0.819. The Hall–Kier alpha value is -0.810. The normalized spacial score (nSPS) is 25.8. The second kappa shape index (κ2) is 11.1. The Morgan fingerprint density at radius 3 is 2.58 bits per heavy atom. The summed E-state index contributed by atoms with van der Waals surface area (Å²) in [4.78, 5) is 17.1. The largest absolute Gasteiger partial charge is 0.343 e. The maximum absolute atomic E-state index is 12.5. The van der Waals surface area contributed by atoms with Crippen molar-refractivity contribution in [1.29, 1.82) is 0 Å². The number of benzene rings is 1. The SMILES string of the molecule is CC1CC(N(C)C(=O)CC2CCCN2)CCN1Cc1ccccc1.Cl.Cl. The summed E-state index contributed by atoms with van der Waals surface area (Å²) in [5.41, 5.74) is 1.37. The topological polar surface area (TPSA) is 35.6 Å². The average Bonchev–Trinajstić information content (AvgIpc) is 3.10. The number of rotatable bonds is 5. The maximum atomic E-state index is 12.5. The van der Waals surface area contributed by atoms with Gasteiger partial charge in [0.05, 0.1) is 0 Å². The van der Waals surface area contributed by atoms with E-state index in [2.05, 4.69) is 47.5 Å². The fourth-order valence-corrected chi connectivity index (χ4v) is 4.09. The highest BCUT2D eigenvalue weighted by molar-refractivity contribution is 5.85. The Labute approximate surface area is 170 Å². The first kappa shape index (κ1) is 23.2. The number of likely N-dealkylation sites (tertiary alicyclic amines) is 1. The minimum absolute atomic E-state index is 0. The van der Waals surface area contributed by atoms with E-state index in [-0.39, 0.29) is 24.8 Å². The van der Waals surface area contributed by atoms with E-state index in [0.717, 1.165) is 38.9 Å². The van der Waals surface area contributed by atoms with Gasteiger partial charge in [-0.2, -0.15) is 0 Å². The molecular weight excluding hydrogens is 369 g/mol. The molecule has 1 aromatic rings. The molecule has 6 heteroatoms. The van der Waals surface area contributed by atoms with E-state index in [1.54, 1.807) is 0 Å². The molecule has 26 heavy (non-hydrogen) atoms. The third kappa shape index (κ3) is 6.12. The molecule has 1 amide bonds. The highest BCUT2D eigenvalue weighted by Crippen LogP contribution is 2.24. The van der Waals surface area contributed by atoms with Crippen LogP contribution >= 0.6 is 24.8 Å². The lowest BCUT2D eigenvalue weighted by Gasteiger charge is -2.41. The molecule has 3 rings (SSSR count). The lowest BCUT2D eigenvalue weighted by atomic mass is 9.96. The monoisotopic (exact) mass is 401 g/mol. The van der Waals surface area contributed by atoms with Gasteiger partial charge in [0.15, 0.2) is 0 Å². The molecule has 148 valence electrons. The summed E-state index contributed by atoms with van der Waals surface area (Å²) in [6, 6.07) is 12.0. The Balaban J connectivity index is 0.00000169. The molecule has 4 nitrogen and oxygen atoms in total. The van der Waals surface area contributed by atoms with Gasteiger partial charge in [-0.1, -0.05) is 30.3 Å². The van der Waals surface area contributed by atoms with Gasteiger partial charge in [-0.05, 0) is 44.7 Å². The van der Waals surface area contributed by atoms with Gasteiger partial charge >= 0.3 is 0 Å². The predicted molar refractivity (Wildman–Crippen MR) is 112 cm³/mol. The first-order chi connectivity index (χ1) is 11.6. The fraction of sp³-hybridized carbons (Fsp3) is 0.650. The van der Waals surface area contributed by atoms with E-state index in [4.69, 9.17) is 0 Å². The average molecular weight is 402 g/mol. The molecule has 1 aromatic carbocycles.